The van der Waals surface area contributed by atoms with Gasteiger partial charge in [0.1, 0.15) is 0 Å². The minimum Gasteiger partial charge on any atom is -0.341 e. The summed E-state index contributed by atoms with van der Waals surface area (Å²) >= 11 is 0. The van der Waals surface area contributed by atoms with Crippen LogP contribution in [0.15, 0.2) is 0 Å². The second-order valence-corrected chi connectivity index (χ2v) is 7.51. The number of likely N-dealkylation sites (tertiary alicyclic amines) is 1. The van der Waals surface area contributed by atoms with E-state index in [1.165, 1.54) is 4.31 Å². The van der Waals surface area contributed by atoms with Gasteiger partial charge in [-0.1, -0.05) is 13.3 Å². The van der Waals surface area contributed by atoms with E-state index in [9.17, 15) is 13.2 Å². The summed E-state index contributed by atoms with van der Waals surface area (Å²) in [5.41, 5.74) is 0. The van der Waals surface area contributed by atoms with Gasteiger partial charge in [0.2, 0.25) is 5.91 Å². The van der Waals surface area contributed by atoms with Gasteiger partial charge in [0, 0.05) is 39.1 Å². The van der Waals surface area contributed by atoms with Gasteiger partial charge in [-0.15, -0.1) is 0 Å². The molecule has 2 rings (SSSR count). The van der Waals surface area contributed by atoms with Crippen molar-refractivity contribution in [1.29, 1.82) is 0 Å². The van der Waals surface area contributed by atoms with Gasteiger partial charge in [-0.3, -0.25) is 4.79 Å². The van der Waals surface area contributed by atoms with Gasteiger partial charge in [0.15, 0.2) is 0 Å². The zero-order valence-electron chi connectivity index (χ0n) is 12.3. The van der Waals surface area contributed by atoms with Crippen LogP contribution in [0.2, 0.25) is 0 Å². The molecule has 0 unspecified atom stereocenters. The van der Waals surface area contributed by atoms with Crippen LogP contribution in [0, 0.1) is 5.92 Å². The van der Waals surface area contributed by atoms with Crippen molar-refractivity contribution in [3.05, 3.63) is 0 Å². The maximum Gasteiger partial charge on any atom is 0.279 e. The topological polar surface area (TPSA) is 69.7 Å². The molecule has 1 N–H and O–H groups in total. The molecule has 0 aliphatic carbocycles. The Morgan fingerprint density at radius 1 is 1.25 bits per heavy atom. The normalized spacial score (nSPS) is 28.2. The van der Waals surface area contributed by atoms with Crippen molar-refractivity contribution in [2.75, 3.05) is 26.2 Å². The molecule has 0 spiro atoms. The molecule has 2 saturated heterocycles. The van der Waals surface area contributed by atoms with Gasteiger partial charge in [-0.2, -0.15) is 17.4 Å². The van der Waals surface area contributed by atoms with Crippen LogP contribution in [0.25, 0.3) is 0 Å². The largest absolute Gasteiger partial charge is 0.341 e. The number of rotatable bonds is 5. The number of carbonyl (C=O) groups is 1. The fourth-order valence-corrected chi connectivity index (χ4v) is 4.66. The average Bonchev–Trinajstić information content (AvgIpc) is 2.99. The number of carbonyl (C=O) groups excluding carboxylic acids is 1. The average molecular weight is 303 g/mol. The van der Waals surface area contributed by atoms with Crippen molar-refractivity contribution in [2.45, 2.75) is 45.6 Å². The summed E-state index contributed by atoms with van der Waals surface area (Å²) in [6.45, 7) is 6.00. The monoisotopic (exact) mass is 303 g/mol. The number of hydrogen-bond donors (Lipinski definition) is 1. The van der Waals surface area contributed by atoms with Crippen molar-refractivity contribution < 1.29 is 13.2 Å². The summed E-state index contributed by atoms with van der Waals surface area (Å²) in [6.07, 6.45) is 3.81. The molecule has 0 saturated carbocycles. The van der Waals surface area contributed by atoms with E-state index in [2.05, 4.69) is 11.6 Å². The van der Waals surface area contributed by atoms with Crippen molar-refractivity contribution >= 4 is 16.1 Å². The fourth-order valence-electron chi connectivity index (χ4n) is 3.12. The van der Waals surface area contributed by atoms with Crippen LogP contribution in [-0.4, -0.2) is 55.8 Å². The molecular formula is C13H25N3O3S. The molecule has 1 amide bonds. The third-order valence-electron chi connectivity index (χ3n) is 4.25. The van der Waals surface area contributed by atoms with E-state index in [0.29, 0.717) is 26.2 Å². The summed E-state index contributed by atoms with van der Waals surface area (Å²) in [6, 6.07) is -0.149. The molecule has 20 heavy (non-hydrogen) atoms. The lowest BCUT2D eigenvalue weighted by Crippen LogP contribution is -2.47. The first-order valence-corrected chi connectivity index (χ1v) is 8.91. The fraction of sp³-hybridized carbons (Fsp3) is 0.923. The summed E-state index contributed by atoms with van der Waals surface area (Å²) in [7, 11) is -3.40. The number of amides is 1. The highest BCUT2D eigenvalue weighted by atomic mass is 32.2. The third kappa shape index (κ3) is 3.51. The minimum atomic E-state index is -3.40. The first-order valence-electron chi connectivity index (χ1n) is 7.47. The van der Waals surface area contributed by atoms with Crippen molar-refractivity contribution in [3.8, 4) is 0 Å². The summed E-state index contributed by atoms with van der Waals surface area (Å²) < 4.78 is 29.0. The minimum absolute atomic E-state index is 0.0222. The van der Waals surface area contributed by atoms with E-state index in [0.717, 1.165) is 25.7 Å². The maximum absolute atomic E-state index is 12.3. The second kappa shape index (κ2) is 6.41. The van der Waals surface area contributed by atoms with E-state index in [1.54, 1.807) is 11.8 Å². The Kier molecular flexibility index (Phi) is 5.04. The zero-order valence-corrected chi connectivity index (χ0v) is 13.2. The van der Waals surface area contributed by atoms with Crippen LogP contribution in [0.3, 0.4) is 0 Å². The molecule has 0 aromatic carbocycles. The molecule has 0 radical (unpaired) electrons. The van der Waals surface area contributed by atoms with Gasteiger partial charge >= 0.3 is 0 Å². The van der Waals surface area contributed by atoms with Gasteiger partial charge < -0.3 is 4.90 Å². The Morgan fingerprint density at radius 3 is 2.45 bits per heavy atom. The smallest absolute Gasteiger partial charge is 0.279 e. The Labute approximate surface area is 121 Å². The maximum atomic E-state index is 12.3. The van der Waals surface area contributed by atoms with Crippen LogP contribution in [0.1, 0.15) is 39.5 Å². The molecule has 2 fully saturated rings. The lowest BCUT2D eigenvalue weighted by Gasteiger charge is -2.23. The van der Waals surface area contributed by atoms with Crippen LogP contribution < -0.4 is 4.72 Å². The highest BCUT2D eigenvalue weighted by Gasteiger charge is 2.37. The Balaban J connectivity index is 2.03. The molecule has 0 aromatic rings. The van der Waals surface area contributed by atoms with Crippen LogP contribution >= 0.6 is 0 Å². The van der Waals surface area contributed by atoms with Gasteiger partial charge in [-0.25, -0.2) is 0 Å². The summed E-state index contributed by atoms with van der Waals surface area (Å²) in [4.78, 5) is 13.2. The number of nitrogens with one attached hydrogen (secondary N) is 1. The second-order valence-electron chi connectivity index (χ2n) is 5.81. The first kappa shape index (κ1) is 15.7. The molecule has 2 aliphatic rings. The molecule has 2 aliphatic heterocycles. The highest BCUT2D eigenvalue weighted by Crippen LogP contribution is 2.23. The van der Waals surface area contributed by atoms with E-state index < -0.39 is 10.2 Å². The van der Waals surface area contributed by atoms with Crippen LogP contribution in [0.4, 0.5) is 0 Å². The highest BCUT2D eigenvalue weighted by molar-refractivity contribution is 7.87. The molecule has 2 atom stereocenters. The molecule has 6 nitrogen and oxygen atoms in total. The first-order chi connectivity index (χ1) is 9.44. The van der Waals surface area contributed by atoms with E-state index in [1.807, 2.05) is 0 Å². The lowest BCUT2D eigenvalue weighted by molar-refractivity contribution is -0.127. The van der Waals surface area contributed by atoms with E-state index in [-0.39, 0.29) is 17.9 Å². The lowest BCUT2D eigenvalue weighted by atomic mass is 9.99. The van der Waals surface area contributed by atoms with Gasteiger partial charge in [0.05, 0.1) is 0 Å². The van der Waals surface area contributed by atoms with Gasteiger partial charge in [-0.05, 0) is 25.2 Å². The predicted molar refractivity (Wildman–Crippen MR) is 77.3 cm³/mol. The predicted octanol–water partition coefficient (Wildman–Crippen LogP) is 0.564. The molecule has 7 heteroatoms. The number of nitrogens with zero attached hydrogens (tertiary/aromatic N) is 2. The van der Waals surface area contributed by atoms with E-state index >= 15 is 0 Å². The van der Waals surface area contributed by atoms with Crippen molar-refractivity contribution in [2.24, 2.45) is 5.92 Å². The van der Waals surface area contributed by atoms with Crippen LogP contribution in [0.5, 0.6) is 0 Å². The van der Waals surface area contributed by atoms with Crippen molar-refractivity contribution in [1.82, 2.24) is 13.9 Å². The third-order valence-corrected chi connectivity index (χ3v) is 5.90. The molecule has 116 valence electrons. The molecular weight excluding hydrogens is 278 g/mol. The summed E-state index contributed by atoms with van der Waals surface area (Å²) in [5.74, 6) is 0.246. The Hall–Kier alpha value is -0.660. The van der Waals surface area contributed by atoms with Crippen molar-refractivity contribution in [3.63, 3.8) is 0 Å². The van der Waals surface area contributed by atoms with Gasteiger partial charge in [0.25, 0.3) is 10.2 Å². The Bertz CT molecular complexity index is 446. The number of hydrogen-bond acceptors (Lipinski definition) is 3. The van der Waals surface area contributed by atoms with Crippen LogP contribution in [-0.2, 0) is 15.0 Å². The van der Waals surface area contributed by atoms with E-state index in [4.69, 9.17) is 0 Å². The standard InChI is InChI=1S/C13H25N3O3S/c1-3-6-12-9-15(11(2)17)10-13(12)14-20(18,19)16-7-4-5-8-16/h12-14H,3-10H2,1-2H3/t12-,13-/m1/s1. The quantitative estimate of drug-likeness (QED) is 0.807. The summed E-state index contributed by atoms with van der Waals surface area (Å²) in [5, 5.41) is 0. The zero-order chi connectivity index (χ0) is 14.8. The molecule has 2 heterocycles. The SMILES string of the molecule is CCC[C@@H]1CN(C(C)=O)C[C@H]1NS(=O)(=O)N1CCCC1. The Morgan fingerprint density at radius 2 is 1.90 bits per heavy atom. The molecule has 0 aromatic heterocycles. The molecule has 0 bridgehead atoms.